The Labute approximate surface area is 125 Å². The number of nitrogens with one attached hydrogen (secondary N) is 1. The second-order valence-electron chi connectivity index (χ2n) is 8.17. The second kappa shape index (κ2) is 6.48. The first-order valence-electron chi connectivity index (χ1n) is 8.64. The van der Waals surface area contributed by atoms with Crippen molar-refractivity contribution in [2.75, 3.05) is 0 Å². The largest absolute Gasteiger partial charge is 0.297 e. The highest BCUT2D eigenvalue weighted by atomic mass is 15.0. The van der Waals surface area contributed by atoms with Gasteiger partial charge < -0.3 is 0 Å². The predicted molar refractivity (Wildman–Crippen MR) is 84.4 cm³/mol. The molecule has 0 bridgehead atoms. The summed E-state index contributed by atoms with van der Waals surface area (Å²) < 4.78 is 0. The van der Waals surface area contributed by atoms with E-state index in [0.29, 0.717) is 11.5 Å². The molecule has 0 aromatic rings. The summed E-state index contributed by atoms with van der Waals surface area (Å²) in [6.07, 6.45) is 12.4. The molecule has 20 heavy (non-hydrogen) atoms. The van der Waals surface area contributed by atoms with Crippen LogP contribution in [0.4, 0.5) is 0 Å². The van der Waals surface area contributed by atoms with Crippen LogP contribution in [-0.2, 0) is 0 Å². The molecular formula is C18H32N2. The van der Waals surface area contributed by atoms with Gasteiger partial charge in [0, 0.05) is 6.04 Å². The Morgan fingerprint density at radius 1 is 0.950 bits per heavy atom. The summed E-state index contributed by atoms with van der Waals surface area (Å²) in [5.41, 5.74) is 0.151. The molecule has 2 unspecified atom stereocenters. The van der Waals surface area contributed by atoms with Crippen LogP contribution < -0.4 is 5.32 Å². The zero-order chi connectivity index (χ0) is 14.6. The molecule has 0 spiro atoms. The summed E-state index contributed by atoms with van der Waals surface area (Å²) in [6.45, 7) is 7.06. The van der Waals surface area contributed by atoms with Crippen LogP contribution in [0, 0.1) is 22.7 Å². The standard InChI is InChI=1S/C18H32N2/c1-17(2,3)15-8-7-12-18(14-19,13-11-15)20-16-9-5-4-6-10-16/h15-16,20H,4-13H2,1-3H3. The van der Waals surface area contributed by atoms with Crippen LogP contribution in [0.3, 0.4) is 0 Å². The van der Waals surface area contributed by atoms with Gasteiger partial charge >= 0.3 is 0 Å². The molecule has 1 N–H and O–H groups in total. The molecule has 0 aromatic carbocycles. The van der Waals surface area contributed by atoms with E-state index in [2.05, 4.69) is 32.2 Å². The lowest BCUT2D eigenvalue weighted by Crippen LogP contribution is -2.49. The van der Waals surface area contributed by atoms with E-state index in [4.69, 9.17) is 0 Å². The Balaban J connectivity index is 1.98. The fourth-order valence-corrected chi connectivity index (χ4v) is 4.13. The van der Waals surface area contributed by atoms with Crippen molar-refractivity contribution in [2.24, 2.45) is 11.3 Å². The maximum absolute atomic E-state index is 9.77. The third-order valence-electron chi connectivity index (χ3n) is 5.60. The van der Waals surface area contributed by atoms with E-state index in [1.54, 1.807) is 0 Å². The Hall–Kier alpha value is -0.550. The van der Waals surface area contributed by atoms with E-state index in [-0.39, 0.29) is 5.54 Å². The van der Waals surface area contributed by atoms with Gasteiger partial charge in [0.05, 0.1) is 6.07 Å². The molecule has 2 aliphatic rings. The van der Waals surface area contributed by atoms with Crippen LogP contribution in [0.2, 0.25) is 0 Å². The van der Waals surface area contributed by atoms with Crippen molar-refractivity contribution in [1.82, 2.24) is 5.32 Å². The molecular weight excluding hydrogens is 244 g/mol. The van der Waals surface area contributed by atoms with Gasteiger partial charge in [-0.25, -0.2) is 0 Å². The average molecular weight is 276 g/mol. The number of nitriles is 1. The molecule has 2 atom stereocenters. The molecule has 2 heteroatoms. The molecule has 114 valence electrons. The van der Waals surface area contributed by atoms with Gasteiger partial charge in [-0.3, -0.25) is 5.32 Å². The van der Waals surface area contributed by atoms with Gasteiger partial charge in [0.15, 0.2) is 0 Å². The van der Waals surface area contributed by atoms with Gasteiger partial charge in [0.1, 0.15) is 5.54 Å². The highest BCUT2D eigenvalue weighted by Gasteiger charge is 2.37. The van der Waals surface area contributed by atoms with Gasteiger partial charge in [-0.15, -0.1) is 0 Å². The normalized spacial score (nSPS) is 33.4. The van der Waals surface area contributed by atoms with E-state index >= 15 is 0 Å². The molecule has 0 aliphatic heterocycles. The minimum Gasteiger partial charge on any atom is -0.297 e. The maximum Gasteiger partial charge on any atom is 0.106 e. The van der Waals surface area contributed by atoms with Crippen molar-refractivity contribution >= 4 is 0 Å². The fraction of sp³-hybridized carbons (Fsp3) is 0.944. The first-order valence-corrected chi connectivity index (χ1v) is 8.64. The summed E-state index contributed by atoms with van der Waals surface area (Å²) in [5, 5.41) is 13.5. The van der Waals surface area contributed by atoms with Gasteiger partial charge in [0.25, 0.3) is 0 Å². The smallest absolute Gasteiger partial charge is 0.106 e. The predicted octanol–water partition coefficient (Wildman–Crippen LogP) is 4.80. The van der Waals surface area contributed by atoms with Crippen LogP contribution in [0.25, 0.3) is 0 Å². The van der Waals surface area contributed by atoms with Gasteiger partial charge in [-0.1, -0.05) is 46.5 Å². The zero-order valence-corrected chi connectivity index (χ0v) is 13.7. The minimum absolute atomic E-state index is 0.234. The molecule has 2 rings (SSSR count). The molecule has 0 radical (unpaired) electrons. The summed E-state index contributed by atoms with van der Waals surface area (Å²) in [6, 6.07) is 3.26. The maximum atomic E-state index is 9.77. The van der Waals surface area contributed by atoms with E-state index in [1.807, 2.05) is 0 Å². The van der Waals surface area contributed by atoms with Crippen LogP contribution in [0.15, 0.2) is 0 Å². The highest BCUT2D eigenvalue weighted by molar-refractivity contribution is 5.09. The molecule has 0 aromatic heterocycles. The van der Waals surface area contributed by atoms with Crippen molar-refractivity contribution in [2.45, 2.75) is 96.6 Å². The SMILES string of the molecule is CC(C)(C)C1CCCC(C#N)(NC2CCCCC2)CC1. The summed E-state index contributed by atoms with van der Waals surface area (Å²) in [4.78, 5) is 0. The monoisotopic (exact) mass is 276 g/mol. The van der Waals surface area contributed by atoms with Crippen molar-refractivity contribution in [3.63, 3.8) is 0 Å². The number of hydrogen-bond acceptors (Lipinski definition) is 2. The lowest BCUT2D eigenvalue weighted by molar-refractivity contribution is 0.207. The Bertz CT molecular complexity index is 343. The quantitative estimate of drug-likeness (QED) is 0.735. The number of nitrogens with zero attached hydrogens (tertiary/aromatic N) is 1. The molecule has 0 heterocycles. The number of rotatable bonds is 2. The Morgan fingerprint density at radius 3 is 2.25 bits per heavy atom. The van der Waals surface area contributed by atoms with E-state index in [9.17, 15) is 5.26 Å². The average Bonchev–Trinajstić information content (AvgIpc) is 2.63. The third kappa shape index (κ3) is 3.98. The number of hydrogen-bond donors (Lipinski definition) is 1. The molecule has 0 saturated heterocycles. The van der Waals surface area contributed by atoms with Crippen molar-refractivity contribution in [3.8, 4) is 6.07 Å². The topological polar surface area (TPSA) is 35.8 Å². The van der Waals surface area contributed by atoms with Crippen LogP contribution >= 0.6 is 0 Å². The fourth-order valence-electron chi connectivity index (χ4n) is 4.13. The third-order valence-corrected chi connectivity index (χ3v) is 5.60. The highest BCUT2D eigenvalue weighted by Crippen LogP contribution is 2.40. The van der Waals surface area contributed by atoms with Crippen LogP contribution in [0.5, 0.6) is 0 Å². The lowest BCUT2D eigenvalue weighted by atomic mass is 9.76. The summed E-state index contributed by atoms with van der Waals surface area (Å²) in [5.74, 6) is 0.769. The second-order valence-corrected chi connectivity index (χ2v) is 8.17. The van der Waals surface area contributed by atoms with Gasteiger partial charge in [0.2, 0.25) is 0 Å². The first-order chi connectivity index (χ1) is 9.45. The van der Waals surface area contributed by atoms with Crippen molar-refractivity contribution in [3.05, 3.63) is 0 Å². The van der Waals surface area contributed by atoms with Crippen LogP contribution in [0.1, 0.15) is 85.0 Å². The molecule has 0 amide bonds. The Morgan fingerprint density at radius 2 is 1.65 bits per heavy atom. The molecule has 2 fully saturated rings. The zero-order valence-electron chi connectivity index (χ0n) is 13.7. The first kappa shape index (κ1) is 15.8. The van der Waals surface area contributed by atoms with Crippen molar-refractivity contribution < 1.29 is 0 Å². The summed E-state index contributed by atoms with van der Waals surface area (Å²) >= 11 is 0. The minimum atomic E-state index is -0.234. The Kier molecular flexibility index (Phi) is 5.13. The van der Waals surface area contributed by atoms with E-state index in [1.165, 1.54) is 51.4 Å². The summed E-state index contributed by atoms with van der Waals surface area (Å²) in [7, 11) is 0. The molecule has 2 aliphatic carbocycles. The molecule has 2 saturated carbocycles. The van der Waals surface area contributed by atoms with Gasteiger partial charge in [-0.2, -0.15) is 5.26 Å². The molecule has 2 nitrogen and oxygen atoms in total. The van der Waals surface area contributed by atoms with E-state index < -0.39 is 0 Å². The lowest BCUT2D eigenvalue weighted by Gasteiger charge is -2.34. The van der Waals surface area contributed by atoms with E-state index in [0.717, 1.165) is 18.8 Å². The van der Waals surface area contributed by atoms with Crippen molar-refractivity contribution in [1.29, 1.82) is 5.26 Å². The van der Waals surface area contributed by atoms with Crippen LogP contribution in [-0.4, -0.2) is 11.6 Å². The van der Waals surface area contributed by atoms with Gasteiger partial charge in [-0.05, 0) is 49.9 Å².